The van der Waals surface area contributed by atoms with E-state index in [1.165, 1.54) is 19.3 Å². The summed E-state index contributed by atoms with van der Waals surface area (Å²) in [6.07, 6.45) is 5.76. The number of nitrogens with two attached hydrogens (primary N) is 1. The molecule has 1 aliphatic rings. The smallest absolute Gasteiger partial charge is 0.119 e. The molecule has 1 aromatic rings. The number of benzene rings is 1. The van der Waals surface area contributed by atoms with Gasteiger partial charge in [-0.25, -0.2) is 0 Å². The largest absolute Gasteiger partial charge is 0.508 e. The van der Waals surface area contributed by atoms with Gasteiger partial charge in [0.1, 0.15) is 5.75 Å². The Balaban J connectivity index is 2.39. The molecule has 88 valence electrons. The van der Waals surface area contributed by atoms with Crippen LogP contribution >= 0.6 is 0 Å². The lowest BCUT2D eigenvalue weighted by atomic mass is 9.77. The Morgan fingerprint density at radius 1 is 1.12 bits per heavy atom. The first kappa shape index (κ1) is 11.5. The Kier molecular flexibility index (Phi) is 2.94. The standard InChI is InChI=1S/C14H21NO/c1-10-8-12(9-13(16)11(10)2)14(15)6-4-3-5-7-14/h8-9,16H,3-7,15H2,1-2H3. The first-order valence-electron chi connectivity index (χ1n) is 6.12. The summed E-state index contributed by atoms with van der Waals surface area (Å²) in [5, 5.41) is 9.87. The van der Waals surface area contributed by atoms with E-state index in [0.717, 1.165) is 29.5 Å². The molecule has 16 heavy (non-hydrogen) atoms. The van der Waals surface area contributed by atoms with Crippen molar-refractivity contribution in [3.8, 4) is 5.75 Å². The van der Waals surface area contributed by atoms with Crippen LogP contribution in [0.15, 0.2) is 12.1 Å². The molecule has 1 saturated carbocycles. The molecule has 0 aromatic heterocycles. The van der Waals surface area contributed by atoms with Crippen LogP contribution in [0, 0.1) is 13.8 Å². The van der Waals surface area contributed by atoms with E-state index in [4.69, 9.17) is 5.73 Å². The van der Waals surface area contributed by atoms with E-state index in [9.17, 15) is 5.11 Å². The predicted octanol–water partition coefficient (Wildman–Crippen LogP) is 3.13. The minimum absolute atomic E-state index is 0.214. The summed E-state index contributed by atoms with van der Waals surface area (Å²) >= 11 is 0. The second-order valence-electron chi connectivity index (χ2n) is 5.15. The van der Waals surface area contributed by atoms with Crippen molar-refractivity contribution < 1.29 is 5.11 Å². The molecular weight excluding hydrogens is 198 g/mol. The third-order valence-corrected chi connectivity index (χ3v) is 3.96. The van der Waals surface area contributed by atoms with Crippen molar-refractivity contribution in [2.75, 3.05) is 0 Å². The molecule has 2 heteroatoms. The molecule has 0 heterocycles. The minimum atomic E-state index is -0.214. The lowest BCUT2D eigenvalue weighted by Crippen LogP contribution is -2.38. The molecule has 2 rings (SSSR count). The van der Waals surface area contributed by atoms with Crippen LogP contribution in [0.3, 0.4) is 0 Å². The van der Waals surface area contributed by atoms with E-state index in [1.54, 1.807) is 0 Å². The molecule has 0 spiro atoms. The Hall–Kier alpha value is -1.02. The van der Waals surface area contributed by atoms with Crippen molar-refractivity contribution in [2.45, 2.75) is 51.5 Å². The summed E-state index contributed by atoms with van der Waals surface area (Å²) in [6.45, 7) is 3.98. The van der Waals surface area contributed by atoms with Gasteiger partial charge in [0.15, 0.2) is 0 Å². The van der Waals surface area contributed by atoms with Gasteiger partial charge in [-0.3, -0.25) is 0 Å². The molecule has 0 atom stereocenters. The summed E-state index contributed by atoms with van der Waals surface area (Å²) in [6, 6.07) is 3.99. The Morgan fingerprint density at radius 3 is 2.31 bits per heavy atom. The molecule has 3 N–H and O–H groups in total. The fourth-order valence-corrected chi connectivity index (χ4v) is 2.60. The van der Waals surface area contributed by atoms with E-state index >= 15 is 0 Å². The highest BCUT2D eigenvalue weighted by molar-refractivity contribution is 5.43. The Labute approximate surface area is 97.5 Å². The molecule has 0 bridgehead atoms. The van der Waals surface area contributed by atoms with E-state index in [2.05, 4.69) is 6.07 Å². The van der Waals surface area contributed by atoms with Crippen LogP contribution in [0.5, 0.6) is 5.75 Å². The maximum atomic E-state index is 9.87. The number of aromatic hydroxyl groups is 1. The molecule has 1 aliphatic carbocycles. The van der Waals surface area contributed by atoms with Crippen LogP contribution < -0.4 is 5.73 Å². The molecule has 0 aliphatic heterocycles. The maximum Gasteiger partial charge on any atom is 0.119 e. The number of phenolic OH excluding ortho intramolecular Hbond substituents is 1. The van der Waals surface area contributed by atoms with Gasteiger partial charge < -0.3 is 10.8 Å². The number of hydrogen-bond acceptors (Lipinski definition) is 2. The van der Waals surface area contributed by atoms with Crippen LogP contribution in [0.4, 0.5) is 0 Å². The van der Waals surface area contributed by atoms with Gasteiger partial charge in [-0.2, -0.15) is 0 Å². The summed E-state index contributed by atoms with van der Waals surface area (Å²) in [5.74, 6) is 0.380. The predicted molar refractivity (Wildman–Crippen MR) is 66.5 cm³/mol. The summed E-state index contributed by atoms with van der Waals surface area (Å²) < 4.78 is 0. The fraction of sp³-hybridized carbons (Fsp3) is 0.571. The van der Waals surface area contributed by atoms with E-state index in [0.29, 0.717) is 5.75 Å². The lowest BCUT2D eigenvalue weighted by Gasteiger charge is -2.34. The average molecular weight is 219 g/mol. The van der Waals surface area contributed by atoms with Crippen molar-refractivity contribution in [3.05, 3.63) is 28.8 Å². The van der Waals surface area contributed by atoms with Crippen molar-refractivity contribution in [1.82, 2.24) is 0 Å². The van der Waals surface area contributed by atoms with E-state index < -0.39 is 0 Å². The highest BCUT2D eigenvalue weighted by Crippen LogP contribution is 2.37. The van der Waals surface area contributed by atoms with Gasteiger partial charge in [-0.05, 0) is 49.4 Å². The van der Waals surface area contributed by atoms with Gasteiger partial charge in [-0.15, -0.1) is 0 Å². The topological polar surface area (TPSA) is 46.2 Å². The third kappa shape index (κ3) is 1.94. The van der Waals surface area contributed by atoms with Crippen molar-refractivity contribution in [1.29, 1.82) is 0 Å². The molecule has 0 unspecified atom stereocenters. The summed E-state index contributed by atoms with van der Waals surface area (Å²) in [5.41, 5.74) is 9.44. The second kappa shape index (κ2) is 4.10. The Morgan fingerprint density at radius 2 is 1.75 bits per heavy atom. The van der Waals surface area contributed by atoms with Crippen molar-refractivity contribution in [3.63, 3.8) is 0 Å². The quantitative estimate of drug-likeness (QED) is 0.762. The van der Waals surface area contributed by atoms with Gasteiger partial charge in [0.25, 0.3) is 0 Å². The molecule has 2 nitrogen and oxygen atoms in total. The molecular formula is C14H21NO. The van der Waals surface area contributed by atoms with Crippen molar-refractivity contribution >= 4 is 0 Å². The third-order valence-electron chi connectivity index (χ3n) is 3.96. The summed E-state index contributed by atoms with van der Waals surface area (Å²) in [4.78, 5) is 0. The molecule has 0 radical (unpaired) electrons. The van der Waals surface area contributed by atoms with Crippen LogP contribution in [0.1, 0.15) is 48.8 Å². The zero-order valence-corrected chi connectivity index (χ0v) is 10.2. The zero-order chi connectivity index (χ0) is 11.8. The molecule has 1 fully saturated rings. The average Bonchev–Trinajstić information content (AvgIpc) is 2.26. The van der Waals surface area contributed by atoms with Crippen LogP contribution in [0.2, 0.25) is 0 Å². The zero-order valence-electron chi connectivity index (χ0n) is 10.2. The van der Waals surface area contributed by atoms with Crippen LogP contribution in [-0.2, 0) is 5.54 Å². The number of hydrogen-bond donors (Lipinski definition) is 2. The van der Waals surface area contributed by atoms with Crippen LogP contribution in [0.25, 0.3) is 0 Å². The lowest BCUT2D eigenvalue weighted by molar-refractivity contribution is 0.301. The molecule has 1 aromatic carbocycles. The van der Waals surface area contributed by atoms with Gasteiger partial charge in [-0.1, -0.05) is 25.3 Å². The maximum absolute atomic E-state index is 9.87. The summed E-state index contributed by atoms with van der Waals surface area (Å²) in [7, 11) is 0. The highest BCUT2D eigenvalue weighted by Gasteiger charge is 2.30. The molecule has 0 saturated heterocycles. The minimum Gasteiger partial charge on any atom is -0.508 e. The number of phenols is 1. The van der Waals surface area contributed by atoms with Gasteiger partial charge >= 0.3 is 0 Å². The highest BCUT2D eigenvalue weighted by atomic mass is 16.3. The van der Waals surface area contributed by atoms with Gasteiger partial charge in [0, 0.05) is 5.54 Å². The van der Waals surface area contributed by atoms with E-state index in [-0.39, 0.29) is 5.54 Å². The van der Waals surface area contributed by atoms with Crippen molar-refractivity contribution in [2.24, 2.45) is 5.73 Å². The normalized spacial score (nSPS) is 19.7. The molecule has 0 amide bonds. The van der Waals surface area contributed by atoms with E-state index in [1.807, 2.05) is 19.9 Å². The first-order chi connectivity index (χ1) is 7.53. The number of aryl methyl sites for hydroxylation is 1. The van der Waals surface area contributed by atoms with Gasteiger partial charge in [0.05, 0.1) is 0 Å². The first-order valence-corrected chi connectivity index (χ1v) is 6.12. The van der Waals surface area contributed by atoms with Crippen LogP contribution in [-0.4, -0.2) is 5.11 Å². The number of rotatable bonds is 1. The fourth-order valence-electron chi connectivity index (χ4n) is 2.60. The second-order valence-corrected chi connectivity index (χ2v) is 5.15. The Bertz CT molecular complexity index is 369. The van der Waals surface area contributed by atoms with Gasteiger partial charge in [0.2, 0.25) is 0 Å². The monoisotopic (exact) mass is 219 g/mol. The SMILES string of the molecule is Cc1cc(C2(N)CCCCC2)cc(O)c1C.